The maximum atomic E-state index is 6.05. The van der Waals surface area contributed by atoms with Gasteiger partial charge >= 0.3 is 0 Å². The van der Waals surface area contributed by atoms with Crippen LogP contribution in [0.5, 0.6) is 0 Å². The van der Waals surface area contributed by atoms with Crippen molar-refractivity contribution >= 4 is 22.6 Å². The van der Waals surface area contributed by atoms with Crippen molar-refractivity contribution in [3.05, 3.63) is 76.8 Å². The number of benzene rings is 3. The number of aryl methyl sites for hydroxylation is 2. The molecule has 5 nitrogen and oxygen atoms in total. The summed E-state index contributed by atoms with van der Waals surface area (Å²) in [5, 5.41) is 4.81. The van der Waals surface area contributed by atoms with Gasteiger partial charge in [0.1, 0.15) is 5.82 Å². The molecule has 1 N–H and O–H groups in total. The van der Waals surface area contributed by atoms with Gasteiger partial charge in [-0.25, -0.2) is 4.98 Å². The predicted molar refractivity (Wildman–Crippen MR) is 115 cm³/mol. The second kappa shape index (κ2) is 6.87. The van der Waals surface area contributed by atoms with Gasteiger partial charge in [-0.15, -0.1) is 0 Å². The highest BCUT2D eigenvalue weighted by atomic mass is 35.5. The smallest absolute Gasteiger partial charge is 0.258 e. The van der Waals surface area contributed by atoms with E-state index in [2.05, 4.69) is 40.0 Å². The van der Waals surface area contributed by atoms with E-state index in [-0.39, 0.29) is 0 Å². The zero-order chi connectivity index (χ0) is 20.0. The van der Waals surface area contributed by atoms with E-state index in [0.717, 1.165) is 44.7 Å². The summed E-state index contributed by atoms with van der Waals surface area (Å²) in [6.07, 6.45) is 0. The molecule has 0 aliphatic carbocycles. The maximum absolute atomic E-state index is 6.05. The second-order valence-corrected chi connectivity index (χ2v) is 7.56. The average molecular weight is 401 g/mol. The van der Waals surface area contributed by atoms with Gasteiger partial charge in [-0.05, 0) is 44.2 Å². The van der Waals surface area contributed by atoms with Crippen molar-refractivity contribution in [2.75, 3.05) is 0 Å². The Balaban J connectivity index is 1.45. The van der Waals surface area contributed by atoms with Crippen molar-refractivity contribution in [3.8, 4) is 34.2 Å². The van der Waals surface area contributed by atoms with Crippen LogP contribution in [0.15, 0.2) is 65.2 Å². The zero-order valence-electron chi connectivity index (χ0n) is 15.9. The number of H-pyrrole nitrogens is 1. The number of hydrogen-bond donors (Lipinski definition) is 1. The minimum absolute atomic E-state index is 0.519. The van der Waals surface area contributed by atoms with Crippen molar-refractivity contribution < 1.29 is 4.52 Å². The number of imidazole rings is 1. The maximum Gasteiger partial charge on any atom is 0.258 e. The first kappa shape index (κ1) is 17.6. The lowest BCUT2D eigenvalue weighted by Gasteiger charge is -2.00. The monoisotopic (exact) mass is 400 g/mol. The van der Waals surface area contributed by atoms with Gasteiger partial charge in [0.2, 0.25) is 5.82 Å². The number of hydrogen-bond acceptors (Lipinski definition) is 4. The Bertz CT molecular complexity index is 1310. The van der Waals surface area contributed by atoms with E-state index in [1.807, 2.05) is 54.6 Å². The summed E-state index contributed by atoms with van der Waals surface area (Å²) in [5.41, 5.74) is 6.90. The molecule has 5 aromatic rings. The molecule has 0 aliphatic heterocycles. The summed E-state index contributed by atoms with van der Waals surface area (Å²) in [6, 6.07) is 19.7. The molecule has 0 saturated carbocycles. The number of fused-ring (bicyclic) bond motifs is 1. The molecule has 0 spiro atoms. The second-order valence-electron chi connectivity index (χ2n) is 7.12. The Morgan fingerprint density at radius 2 is 1.52 bits per heavy atom. The summed E-state index contributed by atoms with van der Waals surface area (Å²) in [4.78, 5) is 12.5. The number of nitrogens with zero attached hydrogens (tertiary/aromatic N) is 3. The molecule has 0 saturated heterocycles. The van der Waals surface area contributed by atoms with Crippen LogP contribution >= 0.6 is 11.6 Å². The van der Waals surface area contributed by atoms with Crippen LogP contribution in [-0.2, 0) is 0 Å². The van der Waals surface area contributed by atoms with Crippen LogP contribution in [0.4, 0.5) is 0 Å². The minimum Gasteiger partial charge on any atom is -0.338 e. The summed E-state index contributed by atoms with van der Waals surface area (Å²) in [5.74, 6) is 1.87. The quantitative estimate of drug-likeness (QED) is 0.390. The molecule has 0 fully saturated rings. The Labute approximate surface area is 172 Å². The van der Waals surface area contributed by atoms with Crippen LogP contribution in [0.3, 0.4) is 0 Å². The van der Waals surface area contributed by atoms with Crippen molar-refractivity contribution in [1.82, 2.24) is 20.1 Å². The van der Waals surface area contributed by atoms with Crippen LogP contribution < -0.4 is 0 Å². The van der Waals surface area contributed by atoms with E-state index in [9.17, 15) is 0 Å². The van der Waals surface area contributed by atoms with Crippen LogP contribution in [0, 0.1) is 13.8 Å². The molecule has 2 aromatic heterocycles. The molecule has 0 bridgehead atoms. The molecule has 3 aromatic carbocycles. The molecule has 0 radical (unpaired) electrons. The summed E-state index contributed by atoms with van der Waals surface area (Å²) < 4.78 is 5.49. The Morgan fingerprint density at radius 3 is 2.28 bits per heavy atom. The fourth-order valence-electron chi connectivity index (χ4n) is 3.45. The Hall–Kier alpha value is -3.44. The molecule has 6 heteroatoms. The molecule has 142 valence electrons. The molecular weight excluding hydrogens is 384 g/mol. The molecule has 0 aliphatic rings. The highest BCUT2D eigenvalue weighted by Crippen LogP contribution is 2.27. The zero-order valence-corrected chi connectivity index (χ0v) is 16.7. The van der Waals surface area contributed by atoms with Crippen LogP contribution in [-0.4, -0.2) is 20.1 Å². The van der Waals surface area contributed by atoms with E-state index in [0.29, 0.717) is 16.7 Å². The molecule has 0 amide bonds. The van der Waals surface area contributed by atoms with E-state index >= 15 is 0 Å². The largest absolute Gasteiger partial charge is 0.338 e. The van der Waals surface area contributed by atoms with Gasteiger partial charge < -0.3 is 9.51 Å². The van der Waals surface area contributed by atoms with Crippen LogP contribution in [0.1, 0.15) is 11.1 Å². The molecule has 0 unspecified atom stereocenters. The van der Waals surface area contributed by atoms with Crippen molar-refractivity contribution in [2.24, 2.45) is 0 Å². The van der Waals surface area contributed by atoms with Gasteiger partial charge in [0.15, 0.2) is 0 Å². The van der Waals surface area contributed by atoms with E-state index in [4.69, 9.17) is 16.1 Å². The topological polar surface area (TPSA) is 67.6 Å². The van der Waals surface area contributed by atoms with Gasteiger partial charge in [-0.1, -0.05) is 58.2 Å². The summed E-state index contributed by atoms with van der Waals surface area (Å²) >= 11 is 6.05. The van der Waals surface area contributed by atoms with Crippen LogP contribution in [0.2, 0.25) is 5.02 Å². The lowest BCUT2D eigenvalue weighted by atomic mass is 10.1. The van der Waals surface area contributed by atoms with Crippen molar-refractivity contribution in [2.45, 2.75) is 13.8 Å². The highest BCUT2D eigenvalue weighted by Gasteiger charge is 2.12. The molecule has 0 atom stereocenters. The average Bonchev–Trinajstić information content (AvgIpc) is 3.34. The molecule has 5 rings (SSSR count). The van der Waals surface area contributed by atoms with Gasteiger partial charge in [0.05, 0.1) is 11.0 Å². The third-order valence-corrected chi connectivity index (χ3v) is 4.99. The summed E-state index contributed by atoms with van der Waals surface area (Å²) in [6.45, 7) is 4.11. The first-order valence-corrected chi connectivity index (χ1v) is 9.61. The third-order valence-electron chi connectivity index (χ3n) is 4.76. The molecular formula is C23H17ClN4O. The lowest BCUT2D eigenvalue weighted by Crippen LogP contribution is -1.85. The molecule has 29 heavy (non-hydrogen) atoms. The third kappa shape index (κ3) is 3.41. The Kier molecular flexibility index (Phi) is 4.18. The highest BCUT2D eigenvalue weighted by molar-refractivity contribution is 6.31. The van der Waals surface area contributed by atoms with E-state index in [1.54, 1.807) is 0 Å². The SMILES string of the molecule is Cc1cc(C)cc(-c2nc(-c3ccc(-c4nc5cc(Cl)ccc5[nH]4)cc3)no2)c1. The number of aromatic nitrogens is 4. The van der Waals surface area contributed by atoms with Gasteiger partial charge in [-0.3, -0.25) is 0 Å². The fraction of sp³-hybridized carbons (Fsp3) is 0.0870. The number of aromatic amines is 1. The number of rotatable bonds is 3. The van der Waals surface area contributed by atoms with Gasteiger partial charge in [-0.2, -0.15) is 4.98 Å². The van der Waals surface area contributed by atoms with E-state index in [1.165, 1.54) is 0 Å². The van der Waals surface area contributed by atoms with Gasteiger partial charge in [0, 0.05) is 21.7 Å². The number of halogens is 1. The van der Waals surface area contributed by atoms with Crippen LogP contribution in [0.25, 0.3) is 45.3 Å². The van der Waals surface area contributed by atoms with E-state index < -0.39 is 0 Å². The van der Waals surface area contributed by atoms with Crippen molar-refractivity contribution in [1.29, 1.82) is 0 Å². The minimum atomic E-state index is 0.519. The summed E-state index contributed by atoms with van der Waals surface area (Å²) in [7, 11) is 0. The van der Waals surface area contributed by atoms with Gasteiger partial charge in [0.25, 0.3) is 5.89 Å². The Morgan fingerprint density at radius 1 is 0.793 bits per heavy atom. The predicted octanol–water partition coefficient (Wildman–Crippen LogP) is 6.22. The lowest BCUT2D eigenvalue weighted by molar-refractivity contribution is 0.432. The van der Waals surface area contributed by atoms with Crippen molar-refractivity contribution in [3.63, 3.8) is 0 Å². The first-order chi connectivity index (χ1) is 14.0. The first-order valence-electron chi connectivity index (χ1n) is 9.24. The fourth-order valence-corrected chi connectivity index (χ4v) is 3.62. The number of nitrogens with one attached hydrogen (secondary N) is 1. The standard InChI is InChI=1S/C23H17ClN4O/c1-13-9-14(2)11-17(10-13)23-27-22(28-29-23)16-5-3-15(4-6-16)21-25-19-8-7-18(24)12-20(19)26-21/h3-12H,1-2H3,(H,25,26). The normalized spacial score (nSPS) is 11.3. The molecule has 2 heterocycles.